The molecule has 0 aliphatic heterocycles. The van der Waals surface area contributed by atoms with Crippen LogP contribution < -0.4 is 5.56 Å². The lowest BCUT2D eigenvalue weighted by Gasteiger charge is -2.08. The van der Waals surface area contributed by atoms with Crippen LogP contribution in [0.1, 0.15) is 10.4 Å². The summed E-state index contributed by atoms with van der Waals surface area (Å²) in [4.78, 5) is 22.6. The van der Waals surface area contributed by atoms with Gasteiger partial charge in [-0.3, -0.25) is 9.36 Å². The van der Waals surface area contributed by atoms with Crippen molar-refractivity contribution in [3.05, 3.63) is 61.9 Å². The Labute approximate surface area is 116 Å². The third-order valence-electron chi connectivity index (χ3n) is 2.33. The molecule has 0 amide bonds. The van der Waals surface area contributed by atoms with Gasteiger partial charge < -0.3 is 5.11 Å². The van der Waals surface area contributed by atoms with Crippen LogP contribution >= 0.6 is 27.5 Å². The van der Waals surface area contributed by atoms with E-state index in [1.54, 1.807) is 18.2 Å². The summed E-state index contributed by atoms with van der Waals surface area (Å²) in [6, 6.07) is 7.45. The summed E-state index contributed by atoms with van der Waals surface area (Å²) >= 11 is 9.29. The normalized spacial score (nSPS) is 10.3. The number of carboxylic acid groups (broad SMARTS) is 1. The van der Waals surface area contributed by atoms with Crippen LogP contribution in [0.4, 0.5) is 0 Å². The molecular formula is C12H7BrClNO3. The minimum atomic E-state index is -1.10. The number of hydrogen-bond donors (Lipinski definition) is 1. The zero-order valence-corrected chi connectivity index (χ0v) is 11.3. The molecule has 4 nitrogen and oxygen atoms in total. The minimum Gasteiger partial charge on any atom is -0.478 e. The molecule has 0 bridgehead atoms. The Morgan fingerprint density at radius 3 is 2.61 bits per heavy atom. The topological polar surface area (TPSA) is 59.3 Å². The van der Waals surface area contributed by atoms with Gasteiger partial charge in [0, 0.05) is 16.7 Å². The first-order valence-electron chi connectivity index (χ1n) is 4.90. The molecule has 0 atom stereocenters. The summed E-state index contributed by atoms with van der Waals surface area (Å²) in [5.74, 6) is -1.10. The van der Waals surface area contributed by atoms with E-state index in [2.05, 4.69) is 15.9 Å². The maximum absolute atomic E-state index is 11.7. The Balaban J connectivity index is 2.66. The first-order chi connectivity index (χ1) is 8.49. The molecule has 0 saturated carbocycles. The number of benzene rings is 1. The van der Waals surface area contributed by atoms with E-state index >= 15 is 0 Å². The van der Waals surface area contributed by atoms with Gasteiger partial charge >= 0.3 is 5.97 Å². The molecule has 18 heavy (non-hydrogen) atoms. The molecule has 1 N–H and O–H groups in total. The fourth-order valence-electron chi connectivity index (χ4n) is 1.48. The van der Waals surface area contributed by atoms with E-state index in [0.717, 1.165) is 4.47 Å². The van der Waals surface area contributed by atoms with Crippen LogP contribution in [0.2, 0.25) is 5.02 Å². The first kappa shape index (κ1) is 12.9. The van der Waals surface area contributed by atoms with Crippen molar-refractivity contribution in [2.45, 2.75) is 0 Å². The van der Waals surface area contributed by atoms with E-state index in [1.807, 2.05) is 0 Å². The van der Waals surface area contributed by atoms with Crippen molar-refractivity contribution in [1.82, 2.24) is 4.57 Å². The van der Waals surface area contributed by atoms with Crippen LogP contribution in [0, 0.1) is 0 Å². The van der Waals surface area contributed by atoms with Gasteiger partial charge in [-0.1, -0.05) is 27.5 Å². The van der Waals surface area contributed by atoms with Crippen molar-refractivity contribution in [1.29, 1.82) is 0 Å². The summed E-state index contributed by atoms with van der Waals surface area (Å²) in [7, 11) is 0. The molecule has 1 heterocycles. The summed E-state index contributed by atoms with van der Waals surface area (Å²) in [6.07, 6.45) is 1.25. The van der Waals surface area contributed by atoms with Crippen LogP contribution in [-0.4, -0.2) is 15.6 Å². The lowest BCUT2D eigenvalue weighted by molar-refractivity contribution is 0.0696. The van der Waals surface area contributed by atoms with Gasteiger partial charge in [0.2, 0.25) is 0 Å². The van der Waals surface area contributed by atoms with Gasteiger partial charge in [-0.15, -0.1) is 0 Å². The Morgan fingerprint density at radius 2 is 2.00 bits per heavy atom. The summed E-state index contributed by atoms with van der Waals surface area (Å²) in [5.41, 5.74) is 0.116. The fraction of sp³-hybridized carbons (Fsp3) is 0. The Hall–Kier alpha value is -1.59. The molecule has 0 unspecified atom stereocenters. The molecule has 0 aliphatic rings. The van der Waals surface area contributed by atoms with E-state index in [-0.39, 0.29) is 11.1 Å². The smallest absolute Gasteiger partial charge is 0.337 e. The van der Waals surface area contributed by atoms with Crippen molar-refractivity contribution >= 4 is 33.5 Å². The Bertz CT molecular complexity index is 681. The Kier molecular flexibility index (Phi) is 3.54. The van der Waals surface area contributed by atoms with E-state index < -0.39 is 5.97 Å². The van der Waals surface area contributed by atoms with Crippen LogP contribution in [0.3, 0.4) is 0 Å². The van der Waals surface area contributed by atoms with Gasteiger partial charge in [-0.25, -0.2) is 4.79 Å². The van der Waals surface area contributed by atoms with Gasteiger partial charge in [0.15, 0.2) is 0 Å². The number of hydrogen-bond acceptors (Lipinski definition) is 2. The molecule has 0 saturated heterocycles. The molecule has 2 aromatic rings. The number of aromatic carboxylic acids is 1. The molecule has 6 heteroatoms. The standard InChI is InChI=1S/C12H7BrClNO3/c13-8-2-3-10(9(14)5-8)15-6-7(12(17)18)1-4-11(15)16/h1-6H,(H,17,18). The summed E-state index contributed by atoms with van der Waals surface area (Å²) in [5, 5.41) is 9.26. The molecule has 0 fully saturated rings. The highest BCUT2D eigenvalue weighted by Crippen LogP contribution is 2.23. The second-order valence-electron chi connectivity index (χ2n) is 3.53. The van der Waals surface area contributed by atoms with Gasteiger partial charge in [0.25, 0.3) is 5.56 Å². The summed E-state index contributed by atoms with van der Waals surface area (Å²) < 4.78 is 1.98. The molecule has 0 spiro atoms. The average Bonchev–Trinajstić information content (AvgIpc) is 2.30. The highest BCUT2D eigenvalue weighted by atomic mass is 79.9. The van der Waals surface area contributed by atoms with Crippen molar-refractivity contribution in [2.24, 2.45) is 0 Å². The second-order valence-corrected chi connectivity index (χ2v) is 4.85. The van der Waals surface area contributed by atoms with Gasteiger partial charge in [0.05, 0.1) is 16.3 Å². The minimum absolute atomic E-state index is 0.0218. The van der Waals surface area contributed by atoms with E-state index in [4.69, 9.17) is 16.7 Å². The number of halogens is 2. The Morgan fingerprint density at radius 1 is 1.28 bits per heavy atom. The van der Waals surface area contributed by atoms with Gasteiger partial charge in [-0.05, 0) is 24.3 Å². The van der Waals surface area contributed by atoms with Crippen molar-refractivity contribution in [2.75, 3.05) is 0 Å². The third kappa shape index (κ3) is 2.47. The predicted molar refractivity (Wildman–Crippen MR) is 71.7 cm³/mol. The number of nitrogens with zero attached hydrogens (tertiary/aromatic N) is 1. The maximum atomic E-state index is 11.7. The lowest BCUT2D eigenvalue weighted by Crippen LogP contribution is -2.18. The van der Waals surface area contributed by atoms with Crippen molar-refractivity contribution in [3.63, 3.8) is 0 Å². The van der Waals surface area contributed by atoms with Crippen LogP contribution in [0.5, 0.6) is 0 Å². The fourth-order valence-corrected chi connectivity index (χ4v) is 2.24. The quantitative estimate of drug-likeness (QED) is 0.922. The zero-order chi connectivity index (χ0) is 13.3. The predicted octanol–water partition coefficient (Wildman–Crippen LogP) is 2.95. The molecule has 1 aromatic heterocycles. The number of pyridine rings is 1. The van der Waals surface area contributed by atoms with E-state index in [0.29, 0.717) is 10.7 Å². The molecule has 0 aliphatic carbocycles. The number of aromatic nitrogens is 1. The van der Waals surface area contributed by atoms with Crippen LogP contribution in [0.15, 0.2) is 45.8 Å². The highest BCUT2D eigenvalue weighted by Gasteiger charge is 2.09. The van der Waals surface area contributed by atoms with Gasteiger partial charge in [0.1, 0.15) is 0 Å². The van der Waals surface area contributed by atoms with Gasteiger partial charge in [-0.2, -0.15) is 0 Å². The summed E-state index contributed by atoms with van der Waals surface area (Å²) in [6.45, 7) is 0. The third-order valence-corrected chi connectivity index (χ3v) is 3.12. The van der Waals surface area contributed by atoms with Crippen LogP contribution in [-0.2, 0) is 0 Å². The maximum Gasteiger partial charge on any atom is 0.337 e. The van der Waals surface area contributed by atoms with E-state index in [1.165, 1.54) is 22.9 Å². The van der Waals surface area contributed by atoms with E-state index in [9.17, 15) is 9.59 Å². The average molecular weight is 329 g/mol. The number of carbonyl (C=O) groups is 1. The molecule has 2 rings (SSSR count). The second kappa shape index (κ2) is 4.96. The van der Waals surface area contributed by atoms with Crippen LogP contribution in [0.25, 0.3) is 5.69 Å². The molecule has 92 valence electrons. The first-order valence-corrected chi connectivity index (χ1v) is 6.07. The SMILES string of the molecule is O=C(O)c1ccc(=O)n(-c2ccc(Br)cc2Cl)c1. The molecule has 0 radical (unpaired) electrons. The highest BCUT2D eigenvalue weighted by molar-refractivity contribution is 9.10. The number of carboxylic acids is 1. The zero-order valence-electron chi connectivity index (χ0n) is 8.93. The molecule has 1 aromatic carbocycles. The number of rotatable bonds is 2. The largest absolute Gasteiger partial charge is 0.478 e. The van der Waals surface area contributed by atoms with Crippen molar-refractivity contribution in [3.8, 4) is 5.69 Å². The monoisotopic (exact) mass is 327 g/mol. The molecular weight excluding hydrogens is 321 g/mol. The van der Waals surface area contributed by atoms with Crippen molar-refractivity contribution < 1.29 is 9.90 Å². The lowest BCUT2D eigenvalue weighted by atomic mass is 10.2.